The quantitative estimate of drug-likeness (QED) is 0.777. The summed E-state index contributed by atoms with van der Waals surface area (Å²) >= 11 is 0. The molecule has 21 heavy (non-hydrogen) atoms. The van der Waals surface area contributed by atoms with Crippen molar-refractivity contribution in [3.63, 3.8) is 0 Å². The van der Waals surface area contributed by atoms with Crippen LogP contribution >= 0.6 is 0 Å². The Bertz CT molecular complexity index is 446. The van der Waals surface area contributed by atoms with E-state index in [4.69, 9.17) is 0 Å². The molecule has 1 aliphatic rings. The van der Waals surface area contributed by atoms with Gasteiger partial charge in [-0.2, -0.15) is 22.0 Å². The molecule has 1 aliphatic heterocycles. The molecule has 0 saturated carbocycles. The van der Waals surface area contributed by atoms with E-state index in [1.807, 2.05) is 0 Å². The molecule has 0 aliphatic carbocycles. The van der Waals surface area contributed by atoms with Gasteiger partial charge in [0, 0.05) is 13.1 Å². The van der Waals surface area contributed by atoms with Crippen LogP contribution in [0.1, 0.15) is 29.9 Å². The summed E-state index contributed by atoms with van der Waals surface area (Å²) in [6.07, 6.45) is -2.71. The Hall–Kier alpha value is -1.21. The fourth-order valence-corrected chi connectivity index (χ4v) is 2.55. The molecule has 0 bridgehead atoms. The van der Waals surface area contributed by atoms with Gasteiger partial charge in [0.15, 0.2) is 0 Å². The molecule has 0 radical (unpaired) electrons. The topological polar surface area (TPSA) is 12.5 Å². The molecule has 1 aromatic carbocycles. The molecule has 1 saturated heterocycles. The van der Waals surface area contributed by atoms with Crippen molar-refractivity contribution in [2.45, 2.75) is 31.5 Å². The standard InChI is InChI=1S/C14H16F5NO/c15-13(16)21-9-20-7-1-2-11(8-20)10-3-5-12(6-4-10)14(17,18)19/h3-6,11,13H,1-2,7-9H2. The Balaban J connectivity index is 1.97. The number of hydrogen-bond donors (Lipinski definition) is 0. The van der Waals surface area contributed by atoms with Crippen molar-refractivity contribution >= 4 is 0 Å². The minimum atomic E-state index is -4.35. The van der Waals surface area contributed by atoms with Crippen molar-refractivity contribution in [1.29, 1.82) is 0 Å². The molecule has 1 aromatic rings. The number of nitrogens with zero attached hydrogens (tertiary/aromatic N) is 1. The molecule has 1 unspecified atom stereocenters. The summed E-state index contributed by atoms with van der Waals surface area (Å²) < 4.78 is 65.8. The predicted molar refractivity (Wildman–Crippen MR) is 66.9 cm³/mol. The molecule has 118 valence electrons. The van der Waals surface area contributed by atoms with E-state index in [-0.39, 0.29) is 12.6 Å². The summed E-state index contributed by atoms with van der Waals surface area (Å²) in [7, 11) is 0. The zero-order valence-corrected chi connectivity index (χ0v) is 11.2. The molecule has 1 atom stereocenters. The van der Waals surface area contributed by atoms with Crippen LogP contribution in [-0.4, -0.2) is 31.3 Å². The van der Waals surface area contributed by atoms with E-state index in [9.17, 15) is 22.0 Å². The van der Waals surface area contributed by atoms with E-state index in [0.717, 1.165) is 30.5 Å². The number of rotatable bonds is 4. The van der Waals surface area contributed by atoms with Crippen molar-refractivity contribution in [1.82, 2.24) is 4.90 Å². The summed E-state index contributed by atoms with van der Waals surface area (Å²) in [5.41, 5.74) is 0.115. The molecule has 2 rings (SSSR count). The fraction of sp³-hybridized carbons (Fsp3) is 0.571. The van der Waals surface area contributed by atoms with Crippen molar-refractivity contribution in [3.05, 3.63) is 35.4 Å². The molecule has 1 fully saturated rings. The first kappa shape index (κ1) is 16.2. The SMILES string of the molecule is FC(F)OCN1CCCC(c2ccc(C(F)(F)F)cc2)C1. The van der Waals surface area contributed by atoms with Crippen LogP contribution in [0.4, 0.5) is 22.0 Å². The van der Waals surface area contributed by atoms with E-state index in [1.54, 1.807) is 4.90 Å². The monoisotopic (exact) mass is 309 g/mol. The van der Waals surface area contributed by atoms with Crippen LogP contribution in [-0.2, 0) is 10.9 Å². The Morgan fingerprint density at radius 2 is 1.86 bits per heavy atom. The first-order valence-corrected chi connectivity index (χ1v) is 6.65. The van der Waals surface area contributed by atoms with Gasteiger partial charge in [0.2, 0.25) is 0 Å². The summed E-state index contributed by atoms with van der Waals surface area (Å²) in [4.78, 5) is 1.75. The lowest BCUT2D eigenvalue weighted by atomic mass is 9.90. The van der Waals surface area contributed by atoms with Crippen LogP contribution in [0.3, 0.4) is 0 Å². The van der Waals surface area contributed by atoms with Crippen molar-refractivity contribution in [2.75, 3.05) is 19.8 Å². The highest BCUT2D eigenvalue weighted by atomic mass is 19.4. The van der Waals surface area contributed by atoms with Crippen LogP contribution in [0.15, 0.2) is 24.3 Å². The number of ether oxygens (including phenoxy) is 1. The third-order valence-electron chi connectivity index (χ3n) is 3.60. The summed E-state index contributed by atoms with van der Waals surface area (Å²) in [5, 5.41) is 0. The third-order valence-corrected chi connectivity index (χ3v) is 3.60. The lowest BCUT2D eigenvalue weighted by Gasteiger charge is -2.32. The molecule has 2 nitrogen and oxygen atoms in total. The number of benzene rings is 1. The van der Waals surface area contributed by atoms with Gasteiger partial charge in [0.05, 0.1) is 5.56 Å². The third kappa shape index (κ3) is 4.64. The van der Waals surface area contributed by atoms with Gasteiger partial charge in [0.1, 0.15) is 6.73 Å². The lowest BCUT2D eigenvalue weighted by Crippen LogP contribution is -2.36. The van der Waals surface area contributed by atoms with Gasteiger partial charge in [-0.1, -0.05) is 12.1 Å². The Morgan fingerprint density at radius 3 is 2.43 bits per heavy atom. The summed E-state index contributed by atoms with van der Waals surface area (Å²) in [5.74, 6) is 0.0438. The first-order valence-electron chi connectivity index (χ1n) is 6.65. The van der Waals surface area contributed by atoms with Gasteiger partial charge in [-0.25, -0.2) is 0 Å². The highest BCUT2D eigenvalue weighted by Gasteiger charge is 2.30. The second kappa shape index (κ2) is 6.70. The van der Waals surface area contributed by atoms with E-state index < -0.39 is 18.4 Å². The maximum atomic E-state index is 12.5. The Kier molecular flexibility index (Phi) is 5.16. The molecular weight excluding hydrogens is 293 g/mol. The van der Waals surface area contributed by atoms with Crippen LogP contribution in [0.25, 0.3) is 0 Å². The molecule has 7 heteroatoms. The normalized spacial score (nSPS) is 21.0. The second-order valence-electron chi connectivity index (χ2n) is 5.09. The second-order valence-corrected chi connectivity index (χ2v) is 5.09. The van der Waals surface area contributed by atoms with Crippen molar-refractivity contribution in [3.8, 4) is 0 Å². The largest absolute Gasteiger partial charge is 0.416 e. The summed E-state index contributed by atoms with van der Waals surface area (Å²) in [6, 6.07) is 5.05. The van der Waals surface area contributed by atoms with Crippen molar-refractivity contribution in [2.24, 2.45) is 0 Å². The maximum absolute atomic E-state index is 12.5. The summed E-state index contributed by atoms with van der Waals surface area (Å²) in [6.45, 7) is -1.80. The first-order chi connectivity index (χ1) is 9.86. The zero-order chi connectivity index (χ0) is 15.5. The van der Waals surface area contributed by atoms with Gasteiger partial charge in [0.25, 0.3) is 0 Å². The number of halogens is 5. The average Bonchev–Trinajstić information content (AvgIpc) is 2.45. The van der Waals surface area contributed by atoms with E-state index >= 15 is 0 Å². The van der Waals surface area contributed by atoms with Crippen LogP contribution in [0.5, 0.6) is 0 Å². The highest BCUT2D eigenvalue weighted by molar-refractivity contribution is 5.27. The van der Waals surface area contributed by atoms with E-state index in [2.05, 4.69) is 4.74 Å². The molecule has 0 aromatic heterocycles. The van der Waals surface area contributed by atoms with Crippen LogP contribution in [0.2, 0.25) is 0 Å². The number of alkyl halides is 5. The van der Waals surface area contributed by atoms with Gasteiger partial charge in [-0.3, -0.25) is 4.90 Å². The van der Waals surface area contributed by atoms with Gasteiger partial charge in [-0.05, 0) is 36.5 Å². The number of piperidine rings is 1. The van der Waals surface area contributed by atoms with Gasteiger partial charge < -0.3 is 4.74 Å². The molecule has 0 N–H and O–H groups in total. The van der Waals surface area contributed by atoms with E-state index in [1.165, 1.54) is 12.1 Å². The highest BCUT2D eigenvalue weighted by Crippen LogP contribution is 2.32. The molecule has 1 heterocycles. The predicted octanol–water partition coefficient (Wildman–Crippen LogP) is 4.08. The van der Waals surface area contributed by atoms with Crippen LogP contribution in [0, 0.1) is 0 Å². The molecule has 0 amide bonds. The Morgan fingerprint density at radius 1 is 1.19 bits per heavy atom. The van der Waals surface area contributed by atoms with Gasteiger partial charge >= 0.3 is 12.8 Å². The van der Waals surface area contributed by atoms with Crippen molar-refractivity contribution < 1.29 is 26.7 Å². The Labute approximate surface area is 119 Å². The van der Waals surface area contributed by atoms with E-state index in [0.29, 0.717) is 13.1 Å². The fourth-order valence-electron chi connectivity index (χ4n) is 2.55. The minimum absolute atomic E-state index is 0.0438. The zero-order valence-electron chi connectivity index (χ0n) is 11.2. The number of hydrogen-bond acceptors (Lipinski definition) is 2. The average molecular weight is 309 g/mol. The lowest BCUT2D eigenvalue weighted by molar-refractivity contribution is -0.161. The number of likely N-dealkylation sites (tertiary alicyclic amines) is 1. The molecular formula is C14H16F5NO. The smallest absolute Gasteiger partial charge is 0.307 e. The van der Waals surface area contributed by atoms with Gasteiger partial charge in [-0.15, -0.1) is 0 Å². The maximum Gasteiger partial charge on any atom is 0.416 e. The molecule has 0 spiro atoms. The van der Waals surface area contributed by atoms with Crippen LogP contribution < -0.4 is 0 Å². The minimum Gasteiger partial charge on any atom is -0.307 e.